The lowest BCUT2D eigenvalue weighted by molar-refractivity contribution is 0.364. The molecule has 2 fully saturated rings. The number of hydrogen-bond acceptors (Lipinski definition) is 2. The van der Waals surface area contributed by atoms with Crippen LogP contribution in [0.15, 0.2) is 12.5 Å². The maximum Gasteiger partial charge on any atom is 0.0951 e. The highest BCUT2D eigenvalue weighted by Gasteiger charge is 2.29. The molecule has 76 valence electrons. The van der Waals surface area contributed by atoms with Gasteiger partial charge in [0.25, 0.3) is 0 Å². The molecule has 1 aromatic rings. The number of rotatable bonds is 2. The fourth-order valence-electron chi connectivity index (χ4n) is 2.39. The van der Waals surface area contributed by atoms with Crippen molar-refractivity contribution < 1.29 is 0 Å². The number of piperidine rings is 1. The van der Waals surface area contributed by atoms with Gasteiger partial charge in [0.15, 0.2) is 0 Å². The molecule has 1 unspecified atom stereocenters. The van der Waals surface area contributed by atoms with Crippen molar-refractivity contribution in [3.8, 4) is 0 Å². The molecule has 3 heteroatoms. The van der Waals surface area contributed by atoms with Crippen LogP contribution in [0.5, 0.6) is 0 Å². The van der Waals surface area contributed by atoms with E-state index in [4.69, 9.17) is 0 Å². The Morgan fingerprint density at radius 2 is 2.29 bits per heavy atom. The molecule has 1 aliphatic carbocycles. The Bertz CT molecular complexity index is 308. The van der Waals surface area contributed by atoms with E-state index >= 15 is 0 Å². The zero-order chi connectivity index (χ0) is 9.38. The highest BCUT2D eigenvalue weighted by Crippen LogP contribution is 2.41. The largest absolute Gasteiger partial charge is 0.330 e. The zero-order valence-corrected chi connectivity index (χ0v) is 8.45. The standard InChI is InChI=1S/C11H17N3/c1-2-10(6-12-5-1)14-8-13-7-11(14)9-3-4-9/h7-10,12H,1-6H2. The first-order chi connectivity index (χ1) is 6.95. The van der Waals surface area contributed by atoms with Crippen LogP contribution in [0.1, 0.15) is 43.3 Å². The second-order valence-corrected chi connectivity index (χ2v) is 4.50. The van der Waals surface area contributed by atoms with E-state index in [0.717, 1.165) is 12.5 Å². The highest BCUT2D eigenvalue weighted by atomic mass is 15.1. The lowest BCUT2D eigenvalue weighted by Crippen LogP contribution is -2.31. The molecule has 0 spiro atoms. The Morgan fingerprint density at radius 1 is 1.36 bits per heavy atom. The smallest absolute Gasteiger partial charge is 0.0951 e. The first kappa shape index (κ1) is 8.48. The van der Waals surface area contributed by atoms with Crippen molar-refractivity contribution in [1.29, 1.82) is 0 Å². The van der Waals surface area contributed by atoms with Crippen LogP contribution < -0.4 is 5.32 Å². The summed E-state index contributed by atoms with van der Waals surface area (Å²) < 4.78 is 2.41. The monoisotopic (exact) mass is 191 g/mol. The Kier molecular flexibility index (Phi) is 2.05. The van der Waals surface area contributed by atoms with E-state index in [1.54, 1.807) is 0 Å². The van der Waals surface area contributed by atoms with Crippen LogP contribution in [-0.4, -0.2) is 22.6 Å². The molecule has 0 bridgehead atoms. The van der Waals surface area contributed by atoms with Gasteiger partial charge in [-0.15, -0.1) is 0 Å². The molecule has 1 N–H and O–H groups in total. The predicted molar refractivity (Wildman–Crippen MR) is 55.3 cm³/mol. The molecule has 3 nitrogen and oxygen atoms in total. The molecule has 1 saturated carbocycles. The van der Waals surface area contributed by atoms with Crippen LogP contribution >= 0.6 is 0 Å². The Hall–Kier alpha value is -0.830. The fraction of sp³-hybridized carbons (Fsp3) is 0.727. The fourth-order valence-corrected chi connectivity index (χ4v) is 2.39. The zero-order valence-electron chi connectivity index (χ0n) is 8.45. The second kappa shape index (κ2) is 3.39. The van der Waals surface area contributed by atoms with Gasteiger partial charge in [-0.2, -0.15) is 0 Å². The van der Waals surface area contributed by atoms with E-state index in [9.17, 15) is 0 Å². The van der Waals surface area contributed by atoms with Gasteiger partial charge < -0.3 is 9.88 Å². The number of hydrogen-bond donors (Lipinski definition) is 1. The molecule has 0 radical (unpaired) electrons. The lowest BCUT2D eigenvalue weighted by atomic mass is 10.1. The summed E-state index contributed by atoms with van der Waals surface area (Å²) >= 11 is 0. The van der Waals surface area contributed by atoms with Gasteiger partial charge in [-0.25, -0.2) is 4.98 Å². The molecule has 1 saturated heterocycles. The van der Waals surface area contributed by atoms with Crippen LogP contribution in [-0.2, 0) is 0 Å². The average Bonchev–Trinajstić information content (AvgIpc) is 2.98. The van der Waals surface area contributed by atoms with Gasteiger partial charge in [0.05, 0.1) is 6.33 Å². The highest BCUT2D eigenvalue weighted by molar-refractivity contribution is 5.14. The second-order valence-electron chi connectivity index (χ2n) is 4.50. The first-order valence-electron chi connectivity index (χ1n) is 5.67. The third-order valence-electron chi connectivity index (χ3n) is 3.36. The van der Waals surface area contributed by atoms with Crippen LogP contribution in [0.2, 0.25) is 0 Å². The molecule has 3 rings (SSSR count). The van der Waals surface area contributed by atoms with Crippen molar-refractivity contribution in [2.75, 3.05) is 13.1 Å². The third kappa shape index (κ3) is 1.46. The summed E-state index contributed by atoms with van der Waals surface area (Å²) in [6.45, 7) is 2.31. The summed E-state index contributed by atoms with van der Waals surface area (Å²) in [7, 11) is 0. The van der Waals surface area contributed by atoms with E-state index in [1.165, 1.54) is 37.9 Å². The first-order valence-corrected chi connectivity index (χ1v) is 5.67. The minimum absolute atomic E-state index is 0.654. The number of imidazole rings is 1. The van der Waals surface area contributed by atoms with E-state index < -0.39 is 0 Å². The summed E-state index contributed by atoms with van der Waals surface area (Å²) in [6.07, 6.45) is 9.42. The number of nitrogens with one attached hydrogen (secondary N) is 1. The minimum Gasteiger partial charge on any atom is -0.330 e. The molecule has 2 aliphatic rings. The van der Waals surface area contributed by atoms with Crippen LogP contribution in [0, 0.1) is 0 Å². The molecule has 0 amide bonds. The van der Waals surface area contributed by atoms with Gasteiger partial charge in [0, 0.05) is 30.4 Å². The van der Waals surface area contributed by atoms with E-state index in [0.29, 0.717) is 6.04 Å². The molecular weight excluding hydrogens is 174 g/mol. The Balaban J connectivity index is 1.82. The van der Waals surface area contributed by atoms with E-state index in [2.05, 4.69) is 21.1 Å². The number of nitrogens with zero attached hydrogens (tertiary/aromatic N) is 2. The van der Waals surface area contributed by atoms with Crippen molar-refractivity contribution in [3.63, 3.8) is 0 Å². The van der Waals surface area contributed by atoms with Crippen molar-refractivity contribution >= 4 is 0 Å². The van der Waals surface area contributed by atoms with E-state index in [-0.39, 0.29) is 0 Å². The van der Waals surface area contributed by atoms with Gasteiger partial charge in [-0.1, -0.05) is 0 Å². The summed E-state index contributed by atoms with van der Waals surface area (Å²) in [4.78, 5) is 4.29. The van der Waals surface area contributed by atoms with Gasteiger partial charge >= 0.3 is 0 Å². The Labute approximate surface area is 84.5 Å². The molecule has 14 heavy (non-hydrogen) atoms. The molecule has 0 aromatic carbocycles. The third-order valence-corrected chi connectivity index (χ3v) is 3.36. The van der Waals surface area contributed by atoms with Gasteiger partial charge in [-0.05, 0) is 32.2 Å². The quantitative estimate of drug-likeness (QED) is 0.771. The molecular formula is C11H17N3. The Morgan fingerprint density at radius 3 is 3.00 bits per heavy atom. The topological polar surface area (TPSA) is 29.9 Å². The van der Waals surface area contributed by atoms with Crippen LogP contribution in [0.25, 0.3) is 0 Å². The maximum absolute atomic E-state index is 4.29. The van der Waals surface area contributed by atoms with Gasteiger partial charge in [0.1, 0.15) is 0 Å². The molecule has 1 aromatic heterocycles. The lowest BCUT2D eigenvalue weighted by Gasteiger charge is -2.25. The minimum atomic E-state index is 0.654. The SMILES string of the molecule is c1ncn(C2CCCNC2)c1C1CC1. The predicted octanol–water partition coefficient (Wildman–Crippen LogP) is 1.69. The molecule has 1 atom stereocenters. The summed E-state index contributed by atoms with van der Waals surface area (Å²) in [5.41, 5.74) is 1.47. The van der Waals surface area contributed by atoms with Crippen molar-refractivity contribution in [3.05, 3.63) is 18.2 Å². The average molecular weight is 191 g/mol. The summed E-state index contributed by atoms with van der Waals surface area (Å²) in [5.74, 6) is 0.819. The van der Waals surface area contributed by atoms with Crippen molar-refractivity contribution in [2.24, 2.45) is 0 Å². The van der Waals surface area contributed by atoms with Crippen LogP contribution in [0.4, 0.5) is 0 Å². The molecule has 1 aliphatic heterocycles. The van der Waals surface area contributed by atoms with Crippen molar-refractivity contribution in [2.45, 2.75) is 37.6 Å². The number of aromatic nitrogens is 2. The van der Waals surface area contributed by atoms with Gasteiger partial charge in [-0.3, -0.25) is 0 Å². The maximum atomic E-state index is 4.29. The van der Waals surface area contributed by atoms with Crippen LogP contribution in [0.3, 0.4) is 0 Å². The van der Waals surface area contributed by atoms with E-state index in [1.807, 2.05) is 6.33 Å². The van der Waals surface area contributed by atoms with Crippen molar-refractivity contribution in [1.82, 2.24) is 14.9 Å². The molecule has 2 heterocycles. The summed E-state index contributed by atoms with van der Waals surface area (Å²) in [6, 6.07) is 0.654. The summed E-state index contributed by atoms with van der Waals surface area (Å²) in [5, 5.41) is 3.46. The normalized spacial score (nSPS) is 27.9. The van der Waals surface area contributed by atoms with Gasteiger partial charge in [0.2, 0.25) is 0 Å².